The number of rotatable bonds is 1. The number of aromatic nitrogens is 2. The summed E-state index contributed by atoms with van der Waals surface area (Å²) in [5, 5.41) is 16.9. The molecule has 0 amide bonds. The number of hydrogen-bond donors (Lipinski definition) is 2. The number of allylic oxidation sites excluding steroid dienone is 1. The Morgan fingerprint density at radius 1 is 1.26 bits per heavy atom. The fourth-order valence-corrected chi connectivity index (χ4v) is 2.91. The highest BCUT2D eigenvalue weighted by molar-refractivity contribution is 5.56. The van der Waals surface area contributed by atoms with Gasteiger partial charge >= 0.3 is 0 Å². The van der Waals surface area contributed by atoms with E-state index in [9.17, 15) is 5.26 Å². The first-order chi connectivity index (χ1) is 10.8. The van der Waals surface area contributed by atoms with Crippen LogP contribution in [0.5, 0.6) is 5.88 Å². The van der Waals surface area contributed by atoms with Crippen molar-refractivity contribution in [3.8, 4) is 11.9 Å². The van der Waals surface area contributed by atoms with Gasteiger partial charge in [-0.2, -0.15) is 5.26 Å². The molecule has 2 aromatic rings. The first-order valence-corrected chi connectivity index (χ1v) is 7.56. The van der Waals surface area contributed by atoms with Crippen LogP contribution in [0.3, 0.4) is 0 Å². The van der Waals surface area contributed by atoms with Crippen LogP contribution < -0.4 is 10.5 Å². The van der Waals surface area contributed by atoms with E-state index < -0.39 is 0 Å². The molecule has 1 aromatic heterocycles. The Balaban J connectivity index is 2.26. The number of nitrogens with zero attached hydrogens (tertiary/aromatic N) is 2. The van der Waals surface area contributed by atoms with Crippen molar-refractivity contribution in [2.24, 2.45) is 5.73 Å². The summed E-state index contributed by atoms with van der Waals surface area (Å²) in [6.07, 6.45) is 0. The molecule has 0 saturated carbocycles. The van der Waals surface area contributed by atoms with Gasteiger partial charge in [0.05, 0.1) is 11.5 Å². The number of nitrogens with two attached hydrogens (primary N) is 1. The quantitative estimate of drug-likeness (QED) is 0.846. The highest BCUT2D eigenvalue weighted by atomic mass is 16.5. The maximum atomic E-state index is 9.61. The lowest BCUT2D eigenvalue weighted by Crippen LogP contribution is -2.23. The average Bonchev–Trinajstić information content (AvgIpc) is 2.90. The number of nitriles is 1. The monoisotopic (exact) mass is 308 g/mol. The highest BCUT2D eigenvalue weighted by Gasteiger charge is 2.37. The van der Waals surface area contributed by atoms with E-state index >= 15 is 0 Å². The van der Waals surface area contributed by atoms with E-state index in [1.165, 1.54) is 5.56 Å². The Morgan fingerprint density at radius 3 is 2.48 bits per heavy atom. The predicted octanol–water partition coefficient (Wildman–Crippen LogP) is 3.23. The lowest BCUT2D eigenvalue weighted by molar-refractivity contribution is 0.378. The van der Waals surface area contributed by atoms with Crippen molar-refractivity contribution in [3.63, 3.8) is 0 Å². The first kappa shape index (κ1) is 15.2. The minimum atomic E-state index is -0.266. The molecule has 0 bridgehead atoms. The molecule has 0 aliphatic carbocycles. The largest absolute Gasteiger partial charge is 0.420 e. The summed E-state index contributed by atoms with van der Waals surface area (Å²) in [5.41, 5.74) is 10.3. The summed E-state index contributed by atoms with van der Waals surface area (Å²) in [5.74, 6) is 0.312. The Hall–Kier alpha value is -2.74. The standard InChI is InChI=1S/C18H20N4O/c1-10-5-7-11(8-6-10)13-12(9-19)16(20)23-17-14(13)15(21-22-17)18(2,3)4/h5-8,13H,20H2,1-4H3,(H,21,22). The minimum absolute atomic E-state index is 0.123. The van der Waals surface area contributed by atoms with Crippen LogP contribution in [0.4, 0.5) is 0 Å². The van der Waals surface area contributed by atoms with E-state index in [1.54, 1.807) is 0 Å². The number of benzene rings is 1. The SMILES string of the molecule is Cc1ccc(C2C(C#N)=C(N)Oc3n[nH]c(C(C)(C)C)c32)cc1. The molecule has 1 aliphatic rings. The van der Waals surface area contributed by atoms with Crippen molar-refractivity contribution in [3.05, 3.63) is 58.1 Å². The van der Waals surface area contributed by atoms with Crippen molar-refractivity contribution in [1.82, 2.24) is 10.2 Å². The summed E-state index contributed by atoms with van der Waals surface area (Å²) in [7, 11) is 0. The number of fused-ring (bicyclic) bond motifs is 1. The van der Waals surface area contributed by atoms with Gasteiger partial charge in [-0.15, -0.1) is 5.10 Å². The lowest BCUT2D eigenvalue weighted by atomic mass is 9.78. The molecule has 118 valence electrons. The van der Waals surface area contributed by atoms with E-state index in [0.29, 0.717) is 11.5 Å². The van der Waals surface area contributed by atoms with Gasteiger partial charge in [0.15, 0.2) is 0 Å². The third kappa shape index (κ3) is 2.46. The van der Waals surface area contributed by atoms with Gasteiger partial charge in [-0.3, -0.25) is 5.10 Å². The molecule has 23 heavy (non-hydrogen) atoms. The number of aryl methyl sites for hydroxylation is 1. The van der Waals surface area contributed by atoms with Crippen LogP contribution in [0.25, 0.3) is 0 Å². The molecule has 1 aromatic carbocycles. The molecule has 1 atom stereocenters. The van der Waals surface area contributed by atoms with Crippen LogP contribution in [0.2, 0.25) is 0 Å². The van der Waals surface area contributed by atoms with E-state index in [2.05, 4.69) is 37.0 Å². The van der Waals surface area contributed by atoms with Crippen molar-refractivity contribution in [2.75, 3.05) is 0 Å². The topological polar surface area (TPSA) is 87.7 Å². The second-order valence-corrected chi connectivity index (χ2v) is 6.90. The molecule has 0 fully saturated rings. The lowest BCUT2D eigenvalue weighted by Gasteiger charge is -2.27. The zero-order valence-electron chi connectivity index (χ0n) is 13.8. The molecular weight excluding hydrogens is 288 g/mol. The average molecular weight is 308 g/mol. The van der Waals surface area contributed by atoms with Crippen molar-refractivity contribution in [1.29, 1.82) is 5.26 Å². The third-order valence-corrected chi connectivity index (χ3v) is 4.10. The predicted molar refractivity (Wildman–Crippen MR) is 87.8 cm³/mol. The molecule has 5 nitrogen and oxygen atoms in total. The summed E-state index contributed by atoms with van der Waals surface area (Å²) < 4.78 is 5.58. The zero-order valence-corrected chi connectivity index (χ0v) is 13.8. The van der Waals surface area contributed by atoms with Crippen LogP contribution >= 0.6 is 0 Å². The van der Waals surface area contributed by atoms with Crippen molar-refractivity contribution >= 4 is 0 Å². The molecular formula is C18H20N4O. The van der Waals surface area contributed by atoms with Crippen LogP contribution in [0.15, 0.2) is 35.7 Å². The molecule has 0 saturated heterocycles. The van der Waals surface area contributed by atoms with Gasteiger partial charge < -0.3 is 10.5 Å². The smallest absolute Gasteiger partial charge is 0.244 e. The van der Waals surface area contributed by atoms with Crippen molar-refractivity contribution < 1.29 is 4.74 Å². The van der Waals surface area contributed by atoms with Crippen LogP contribution in [-0.2, 0) is 5.41 Å². The van der Waals surface area contributed by atoms with Gasteiger partial charge in [-0.05, 0) is 12.5 Å². The normalized spacial score (nSPS) is 17.4. The molecule has 1 unspecified atom stereocenters. The van der Waals surface area contributed by atoms with Gasteiger partial charge in [0, 0.05) is 11.1 Å². The Labute approximate surface area is 135 Å². The number of H-pyrrole nitrogens is 1. The molecule has 2 heterocycles. The van der Waals surface area contributed by atoms with Crippen LogP contribution in [-0.4, -0.2) is 10.2 Å². The molecule has 1 aliphatic heterocycles. The highest BCUT2D eigenvalue weighted by Crippen LogP contribution is 2.45. The number of hydrogen-bond acceptors (Lipinski definition) is 4. The van der Waals surface area contributed by atoms with Gasteiger partial charge in [0.1, 0.15) is 11.6 Å². The van der Waals surface area contributed by atoms with E-state index in [-0.39, 0.29) is 17.2 Å². The fraction of sp³-hybridized carbons (Fsp3) is 0.333. The third-order valence-electron chi connectivity index (χ3n) is 4.10. The summed E-state index contributed by atoms with van der Waals surface area (Å²) in [6.45, 7) is 8.33. The van der Waals surface area contributed by atoms with Crippen LogP contribution in [0.1, 0.15) is 49.1 Å². The second kappa shape index (κ2) is 5.17. The molecule has 0 spiro atoms. The van der Waals surface area contributed by atoms with E-state index in [4.69, 9.17) is 10.5 Å². The van der Waals surface area contributed by atoms with Gasteiger partial charge in [-0.25, -0.2) is 0 Å². The van der Waals surface area contributed by atoms with E-state index in [0.717, 1.165) is 16.8 Å². The number of nitrogens with one attached hydrogen (secondary N) is 1. The maximum absolute atomic E-state index is 9.61. The Morgan fingerprint density at radius 2 is 1.91 bits per heavy atom. The first-order valence-electron chi connectivity index (χ1n) is 7.56. The molecule has 0 radical (unpaired) electrons. The Kier molecular flexibility index (Phi) is 3.41. The summed E-state index contributed by atoms with van der Waals surface area (Å²) in [4.78, 5) is 0. The van der Waals surface area contributed by atoms with Gasteiger partial charge in [0.25, 0.3) is 0 Å². The summed E-state index contributed by atoms with van der Waals surface area (Å²) in [6, 6.07) is 10.3. The molecule has 5 heteroatoms. The Bertz CT molecular complexity index is 816. The van der Waals surface area contributed by atoms with Gasteiger partial charge in [0.2, 0.25) is 11.8 Å². The number of ether oxygens (including phenoxy) is 1. The molecule has 3 rings (SSSR count). The van der Waals surface area contributed by atoms with Crippen molar-refractivity contribution in [2.45, 2.75) is 39.0 Å². The second-order valence-electron chi connectivity index (χ2n) is 6.90. The molecule has 3 N–H and O–H groups in total. The number of aromatic amines is 1. The minimum Gasteiger partial charge on any atom is -0.420 e. The zero-order chi connectivity index (χ0) is 16.8. The van der Waals surface area contributed by atoms with Crippen LogP contribution in [0, 0.1) is 18.3 Å². The van der Waals surface area contributed by atoms with Gasteiger partial charge in [-0.1, -0.05) is 50.6 Å². The summed E-state index contributed by atoms with van der Waals surface area (Å²) >= 11 is 0. The maximum Gasteiger partial charge on any atom is 0.244 e. The van der Waals surface area contributed by atoms with E-state index in [1.807, 2.05) is 31.2 Å². The fourth-order valence-electron chi connectivity index (χ4n) is 2.91.